The van der Waals surface area contributed by atoms with E-state index in [2.05, 4.69) is 53.6 Å². The number of hydrogen-bond donors (Lipinski definition) is 2. The van der Waals surface area contributed by atoms with Gasteiger partial charge in [-0.15, -0.1) is 0 Å². The lowest BCUT2D eigenvalue weighted by atomic mass is 9.97. The third kappa shape index (κ3) is 2.94. The number of H-pyrrole nitrogens is 1. The molecule has 0 aliphatic carbocycles. The molecule has 0 saturated carbocycles. The molecule has 0 radical (unpaired) electrons. The molecule has 1 aliphatic heterocycles. The molecule has 1 atom stereocenters. The van der Waals surface area contributed by atoms with E-state index in [9.17, 15) is 4.39 Å². The standard InChI is InChI=1S/C21H24FN3S/c1-21(2,3)25-19(12-23-4)16-9-13(5-8-20(16)26-25)17-11-24-18-10-14(22)6-7-15(17)18/h5-11,19,23-24H,12H2,1-4H3. The molecule has 0 fully saturated rings. The Morgan fingerprint density at radius 2 is 2.00 bits per heavy atom. The lowest BCUT2D eigenvalue weighted by Gasteiger charge is -2.35. The molecule has 3 nitrogen and oxygen atoms in total. The first kappa shape index (κ1) is 17.6. The molecule has 2 aromatic carbocycles. The van der Waals surface area contributed by atoms with Crippen molar-refractivity contribution in [1.82, 2.24) is 14.6 Å². The van der Waals surface area contributed by atoms with Gasteiger partial charge in [0.15, 0.2) is 0 Å². The Morgan fingerprint density at radius 3 is 2.73 bits per heavy atom. The lowest BCUT2D eigenvalue weighted by Crippen LogP contribution is -2.39. The lowest BCUT2D eigenvalue weighted by molar-refractivity contribution is 0.215. The fraction of sp³-hybridized carbons (Fsp3) is 0.333. The minimum atomic E-state index is -0.217. The van der Waals surface area contributed by atoms with Gasteiger partial charge in [-0.2, -0.15) is 0 Å². The number of fused-ring (bicyclic) bond motifs is 2. The van der Waals surface area contributed by atoms with Crippen molar-refractivity contribution in [2.75, 3.05) is 13.6 Å². The first-order valence-electron chi connectivity index (χ1n) is 8.91. The van der Waals surface area contributed by atoms with Crippen molar-refractivity contribution in [3.8, 4) is 11.1 Å². The average Bonchev–Trinajstić information content (AvgIpc) is 3.16. The van der Waals surface area contributed by atoms with Crippen LogP contribution in [-0.4, -0.2) is 28.4 Å². The molecule has 0 bridgehead atoms. The van der Waals surface area contributed by atoms with Gasteiger partial charge in [-0.3, -0.25) is 0 Å². The molecule has 2 heterocycles. The largest absolute Gasteiger partial charge is 0.360 e. The van der Waals surface area contributed by atoms with E-state index in [0.29, 0.717) is 6.04 Å². The van der Waals surface area contributed by atoms with Gasteiger partial charge in [0.25, 0.3) is 0 Å². The average molecular weight is 370 g/mol. The predicted molar refractivity (Wildman–Crippen MR) is 108 cm³/mol. The summed E-state index contributed by atoms with van der Waals surface area (Å²) in [5.41, 5.74) is 4.54. The molecule has 0 amide bonds. The second kappa shape index (κ2) is 6.41. The van der Waals surface area contributed by atoms with Crippen molar-refractivity contribution in [2.45, 2.75) is 37.2 Å². The van der Waals surface area contributed by atoms with Gasteiger partial charge in [0.2, 0.25) is 0 Å². The molecule has 4 rings (SSSR count). The SMILES string of the molecule is CNCC1c2cc(-c3c[nH]c4cc(F)ccc34)ccc2SN1C(C)(C)C. The second-order valence-corrected chi connectivity index (χ2v) is 8.82. The summed E-state index contributed by atoms with van der Waals surface area (Å²) >= 11 is 1.84. The summed E-state index contributed by atoms with van der Waals surface area (Å²) in [6.07, 6.45) is 1.97. The normalized spacial score (nSPS) is 17.8. The van der Waals surface area contributed by atoms with Gasteiger partial charge in [-0.05, 0) is 81.2 Å². The fourth-order valence-electron chi connectivity index (χ4n) is 3.68. The van der Waals surface area contributed by atoms with Gasteiger partial charge >= 0.3 is 0 Å². The summed E-state index contributed by atoms with van der Waals surface area (Å²) in [7, 11) is 2.00. The van der Waals surface area contributed by atoms with Crippen LogP contribution in [0, 0.1) is 5.82 Å². The monoisotopic (exact) mass is 369 g/mol. The number of hydrogen-bond acceptors (Lipinski definition) is 3. The highest BCUT2D eigenvalue weighted by Gasteiger charge is 2.37. The molecule has 1 aliphatic rings. The summed E-state index contributed by atoms with van der Waals surface area (Å²) in [6.45, 7) is 7.66. The van der Waals surface area contributed by atoms with E-state index in [0.717, 1.165) is 23.0 Å². The van der Waals surface area contributed by atoms with Crippen LogP contribution in [0.15, 0.2) is 47.5 Å². The molecular formula is C21H24FN3S. The molecule has 3 aromatic rings. The third-order valence-corrected chi connectivity index (χ3v) is 6.43. The van der Waals surface area contributed by atoms with E-state index in [1.54, 1.807) is 6.07 Å². The zero-order valence-electron chi connectivity index (χ0n) is 15.6. The molecule has 0 spiro atoms. The van der Waals surface area contributed by atoms with Gasteiger partial charge in [0.05, 0.1) is 6.04 Å². The van der Waals surface area contributed by atoms with Crippen LogP contribution in [0.2, 0.25) is 0 Å². The Kier molecular flexibility index (Phi) is 4.34. The third-order valence-electron chi connectivity index (χ3n) is 4.86. The molecule has 1 aromatic heterocycles. The van der Waals surface area contributed by atoms with E-state index in [1.165, 1.54) is 22.1 Å². The van der Waals surface area contributed by atoms with Crippen LogP contribution >= 0.6 is 11.9 Å². The van der Waals surface area contributed by atoms with Crippen molar-refractivity contribution in [1.29, 1.82) is 0 Å². The Balaban J connectivity index is 1.79. The van der Waals surface area contributed by atoms with Crippen molar-refractivity contribution in [3.05, 3.63) is 54.0 Å². The highest BCUT2D eigenvalue weighted by atomic mass is 32.2. The molecular weight excluding hydrogens is 345 g/mol. The second-order valence-electron chi connectivity index (χ2n) is 7.81. The van der Waals surface area contributed by atoms with Gasteiger partial charge in [-0.25, -0.2) is 8.70 Å². The number of aromatic amines is 1. The predicted octanol–water partition coefficient (Wildman–Crippen LogP) is 5.36. The maximum atomic E-state index is 13.5. The zero-order chi connectivity index (χ0) is 18.5. The van der Waals surface area contributed by atoms with Crippen LogP contribution in [0.1, 0.15) is 32.4 Å². The van der Waals surface area contributed by atoms with Crippen molar-refractivity contribution in [2.24, 2.45) is 0 Å². The van der Waals surface area contributed by atoms with Crippen LogP contribution in [0.5, 0.6) is 0 Å². The van der Waals surface area contributed by atoms with Crippen LogP contribution in [-0.2, 0) is 0 Å². The highest BCUT2D eigenvalue weighted by molar-refractivity contribution is 7.97. The maximum Gasteiger partial charge on any atom is 0.125 e. The number of nitrogens with zero attached hydrogens (tertiary/aromatic N) is 1. The summed E-state index contributed by atoms with van der Waals surface area (Å²) in [5, 5.41) is 4.39. The fourth-order valence-corrected chi connectivity index (χ4v) is 4.91. The Bertz CT molecular complexity index is 958. The van der Waals surface area contributed by atoms with Crippen LogP contribution in [0.4, 0.5) is 4.39 Å². The first-order valence-corrected chi connectivity index (χ1v) is 9.68. The van der Waals surface area contributed by atoms with Gasteiger partial charge in [0.1, 0.15) is 5.82 Å². The quantitative estimate of drug-likeness (QED) is 0.610. The Hall–Kier alpha value is -1.82. The van der Waals surface area contributed by atoms with Crippen molar-refractivity contribution in [3.63, 3.8) is 0 Å². The number of likely N-dealkylation sites (N-methyl/N-ethyl adjacent to an activating group) is 1. The van der Waals surface area contributed by atoms with Crippen LogP contribution in [0.3, 0.4) is 0 Å². The summed E-state index contributed by atoms with van der Waals surface area (Å²) in [5.74, 6) is -0.217. The molecule has 5 heteroatoms. The van der Waals surface area contributed by atoms with E-state index in [1.807, 2.05) is 31.3 Å². The van der Waals surface area contributed by atoms with Gasteiger partial charge < -0.3 is 10.3 Å². The van der Waals surface area contributed by atoms with E-state index >= 15 is 0 Å². The van der Waals surface area contributed by atoms with E-state index in [4.69, 9.17) is 0 Å². The minimum absolute atomic E-state index is 0.0731. The highest BCUT2D eigenvalue weighted by Crippen LogP contribution is 2.49. The molecule has 2 N–H and O–H groups in total. The van der Waals surface area contributed by atoms with Crippen LogP contribution < -0.4 is 5.32 Å². The van der Waals surface area contributed by atoms with Gasteiger partial charge in [0, 0.05) is 39.6 Å². The van der Waals surface area contributed by atoms with E-state index in [-0.39, 0.29) is 11.4 Å². The number of aromatic nitrogens is 1. The van der Waals surface area contributed by atoms with Crippen molar-refractivity contribution >= 4 is 22.9 Å². The summed E-state index contributed by atoms with van der Waals surface area (Å²) < 4.78 is 16.0. The Labute approximate surface area is 158 Å². The number of halogens is 1. The van der Waals surface area contributed by atoms with Gasteiger partial charge in [-0.1, -0.05) is 6.07 Å². The summed E-state index contributed by atoms with van der Waals surface area (Å²) in [6, 6.07) is 11.9. The molecule has 26 heavy (non-hydrogen) atoms. The molecule has 136 valence electrons. The van der Waals surface area contributed by atoms with Crippen molar-refractivity contribution < 1.29 is 4.39 Å². The number of rotatable bonds is 3. The minimum Gasteiger partial charge on any atom is -0.360 e. The maximum absolute atomic E-state index is 13.5. The number of benzene rings is 2. The summed E-state index contributed by atoms with van der Waals surface area (Å²) in [4.78, 5) is 4.51. The molecule has 0 saturated heterocycles. The smallest absolute Gasteiger partial charge is 0.125 e. The topological polar surface area (TPSA) is 31.1 Å². The first-order chi connectivity index (χ1) is 12.4. The van der Waals surface area contributed by atoms with E-state index < -0.39 is 0 Å². The van der Waals surface area contributed by atoms with Crippen LogP contribution in [0.25, 0.3) is 22.0 Å². The zero-order valence-corrected chi connectivity index (χ0v) is 16.4. The molecule has 1 unspecified atom stereocenters. The number of nitrogens with one attached hydrogen (secondary N) is 2. The Morgan fingerprint density at radius 1 is 1.19 bits per heavy atom.